The van der Waals surface area contributed by atoms with Crippen LogP contribution in [0.1, 0.15) is 56.2 Å². The van der Waals surface area contributed by atoms with Crippen LogP contribution in [0.2, 0.25) is 5.02 Å². The number of guanidine groups is 1. The zero-order chi connectivity index (χ0) is 22.3. The van der Waals surface area contributed by atoms with Crippen molar-refractivity contribution in [2.75, 3.05) is 18.5 Å². The normalized spacial score (nSPS) is 24.4. The lowest BCUT2D eigenvalue weighted by atomic mass is 9.85. The molecular formula is C24H28ClN5O2. The van der Waals surface area contributed by atoms with Crippen molar-refractivity contribution in [1.29, 1.82) is 5.41 Å². The molecule has 7 nitrogen and oxygen atoms in total. The Labute approximate surface area is 193 Å². The molecule has 1 aromatic carbocycles. The summed E-state index contributed by atoms with van der Waals surface area (Å²) >= 11 is 6.82. The van der Waals surface area contributed by atoms with Gasteiger partial charge in [-0.3, -0.25) is 20.1 Å². The van der Waals surface area contributed by atoms with Crippen LogP contribution in [0.4, 0.5) is 11.4 Å². The standard InChI is InChI=1S/C24H28ClN5O2/c1-24(13-21(31)30(23(26)29-24)17-9-11-32-12-10-17)18-3-2-4-20(22(18)25)28-16-7-8-19(27-14-16)15-5-6-15/h2-4,7-8,14-15,17,28H,5-6,9-13H2,1H3,(H2,26,29)/t24-/m0/s1. The zero-order valence-electron chi connectivity index (χ0n) is 18.2. The van der Waals surface area contributed by atoms with Crippen molar-refractivity contribution < 1.29 is 9.53 Å². The number of amides is 1. The summed E-state index contributed by atoms with van der Waals surface area (Å²) in [5.74, 6) is 0.684. The van der Waals surface area contributed by atoms with E-state index in [1.807, 2.05) is 37.4 Å². The Balaban J connectivity index is 1.36. The molecule has 2 saturated heterocycles. The van der Waals surface area contributed by atoms with Crippen molar-refractivity contribution in [1.82, 2.24) is 15.2 Å². The van der Waals surface area contributed by atoms with E-state index >= 15 is 0 Å². The molecule has 2 aromatic rings. The molecule has 168 valence electrons. The Hall–Kier alpha value is -2.64. The van der Waals surface area contributed by atoms with E-state index < -0.39 is 5.54 Å². The molecule has 2 aliphatic heterocycles. The number of carbonyl (C=O) groups is 1. The third-order valence-corrected chi connectivity index (χ3v) is 7.03. The number of benzene rings is 1. The maximum Gasteiger partial charge on any atom is 0.232 e. The van der Waals surface area contributed by atoms with E-state index in [0.29, 0.717) is 24.2 Å². The largest absolute Gasteiger partial charge is 0.381 e. The Bertz CT molecular complexity index is 1010. The second-order valence-corrected chi connectivity index (χ2v) is 9.51. The third kappa shape index (κ3) is 4.07. The second-order valence-electron chi connectivity index (χ2n) is 9.13. The van der Waals surface area contributed by atoms with Crippen molar-refractivity contribution in [3.05, 3.63) is 52.8 Å². The van der Waals surface area contributed by atoms with Crippen LogP contribution in [0.25, 0.3) is 0 Å². The first-order valence-electron chi connectivity index (χ1n) is 11.2. The molecule has 3 fully saturated rings. The van der Waals surface area contributed by atoms with E-state index in [9.17, 15) is 4.79 Å². The van der Waals surface area contributed by atoms with E-state index in [2.05, 4.69) is 21.7 Å². The first-order chi connectivity index (χ1) is 15.4. The van der Waals surface area contributed by atoms with Crippen LogP contribution in [-0.4, -0.2) is 41.0 Å². The summed E-state index contributed by atoms with van der Waals surface area (Å²) in [7, 11) is 0. The highest BCUT2D eigenvalue weighted by Gasteiger charge is 2.43. The lowest BCUT2D eigenvalue weighted by Gasteiger charge is -2.45. The Kier molecular flexibility index (Phi) is 5.55. The van der Waals surface area contributed by atoms with Gasteiger partial charge in [0.05, 0.1) is 34.6 Å². The van der Waals surface area contributed by atoms with Crippen LogP contribution in [0.15, 0.2) is 36.5 Å². The van der Waals surface area contributed by atoms with Crippen molar-refractivity contribution in [3.63, 3.8) is 0 Å². The van der Waals surface area contributed by atoms with Crippen LogP contribution in [0, 0.1) is 5.41 Å². The van der Waals surface area contributed by atoms with Gasteiger partial charge in [-0.25, -0.2) is 0 Å². The molecule has 1 aliphatic carbocycles. The van der Waals surface area contributed by atoms with Gasteiger partial charge in [0, 0.05) is 30.9 Å². The van der Waals surface area contributed by atoms with Crippen LogP contribution < -0.4 is 10.6 Å². The van der Waals surface area contributed by atoms with Gasteiger partial charge < -0.3 is 15.4 Å². The maximum atomic E-state index is 13.1. The van der Waals surface area contributed by atoms with Crippen LogP contribution in [-0.2, 0) is 15.1 Å². The minimum absolute atomic E-state index is 0.00961. The monoisotopic (exact) mass is 453 g/mol. The van der Waals surface area contributed by atoms with E-state index in [1.165, 1.54) is 12.8 Å². The van der Waals surface area contributed by atoms with Crippen molar-refractivity contribution in [3.8, 4) is 0 Å². The predicted molar refractivity (Wildman–Crippen MR) is 124 cm³/mol. The van der Waals surface area contributed by atoms with Gasteiger partial charge in [-0.1, -0.05) is 23.7 Å². The summed E-state index contributed by atoms with van der Waals surface area (Å²) in [6.07, 6.45) is 6.01. The number of hydrogen-bond acceptors (Lipinski definition) is 5. The molecule has 32 heavy (non-hydrogen) atoms. The molecule has 3 aliphatic rings. The molecule has 0 unspecified atom stereocenters. The first-order valence-corrected chi connectivity index (χ1v) is 11.6. The SMILES string of the molecule is C[C@@]1(c2cccc(Nc3ccc(C4CC4)nc3)c2Cl)CC(=O)N(C2CCOCC2)C(=N)N1. The fourth-order valence-corrected chi connectivity index (χ4v) is 5.06. The molecule has 1 amide bonds. The molecule has 3 heterocycles. The summed E-state index contributed by atoms with van der Waals surface area (Å²) in [4.78, 5) is 19.3. The molecule has 1 atom stereocenters. The molecule has 1 aromatic heterocycles. The van der Waals surface area contributed by atoms with Gasteiger partial charge in [0.15, 0.2) is 5.96 Å². The van der Waals surface area contributed by atoms with Crippen LogP contribution in [0.5, 0.6) is 0 Å². The Morgan fingerprint density at radius 3 is 2.66 bits per heavy atom. The minimum Gasteiger partial charge on any atom is -0.381 e. The van der Waals surface area contributed by atoms with E-state index in [4.69, 9.17) is 21.7 Å². The van der Waals surface area contributed by atoms with Gasteiger partial charge in [-0.05, 0) is 56.4 Å². The summed E-state index contributed by atoms with van der Waals surface area (Å²) in [6, 6.07) is 9.84. The summed E-state index contributed by atoms with van der Waals surface area (Å²) in [5, 5.41) is 15.7. The number of carbonyl (C=O) groups excluding carboxylic acids is 1. The third-order valence-electron chi connectivity index (χ3n) is 6.62. The smallest absolute Gasteiger partial charge is 0.232 e. The van der Waals surface area contributed by atoms with Crippen LogP contribution in [0.3, 0.4) is 0 Å². The second kappa shape index (κ2) is 8.37. The number of ether oxygens (including phenoxy) is 1. The number of nitrogens with one attached hydrogen (secondary N) is 3. The molecule has 8 heteroatoms. The minimum atomic E-state index is -0.765. The molecular weight excluding hydrogens is 426 g/mol. The van der Waals surface area contributed by atoms with Gasteiger partial charge in [0.2, 0.25) is 5.91 Å². The predicted octanol–water partition coefficient (Wildman–Crippen LogP) is 4.51. The summed E-state index contributed by atoms with van der Waals surface area (Å²) < 4.78 is 5.41. The number of rotatable bonds is 5. The van der Waals surface area contributed by atoms with Gasteiger partial charge >= 0.3 is 0 Å². The number of nitrogens with zero attached hydrogens (tertiary/aromatic N) is 2. The number of hydrogen-bond donors (Lipinski definition) is 3. The molecule has 0 radical (unpaired) electrons. The quantitative estimate of drug-likeness (QED) is 0.619. The number of aromatic nitrogens is 1. The fraction of sp³-hybridized carbons (Fsp3) is 0.458. The average molecular weight is 454 g/mol. The number of anilines is 2. The topological polar surface area (TPSA) is 90.3 Å². The van der Waals surface area contributed by atoms with Gasteiger partial charge in [0.25, 0.3) is 0 Å². The molecule has 5 rings (SSSR count). The molecule has 0 spiro atoms. The van der Waals surface area contributed by atoms with E-state index in [-0.39, 0.29) is 24.3 Å². The molecule has 1 saturated carbocycles. The van der Waals surface area contributed by atoms with Crippen molar-refractivity contribution in [2.24, 2.45) is 0 Å². The average Bonchev–Trinajstić information content (AvgIpc) is 3.61. The lowest BCUT2D eigenvalue weighted by Crippen LogP contribution is -2.62. The highest BCUT2D eigenvalue weighted by atomic mass is 35.5. The number of halogens is 1. The van der Waals surface area contributed by atoms with Gasteiger partial charge in [0.1, 0.15) is 0 Å². The highest BCUT2D eigenvalue weighted by Crippen LogP contribution is 2.40. The molecule has 3 N–H and O–H groups in total. The van der Waals surface area contributed by atoms with Crippen LogP contribution >= 0.6 is 11.6 Å². The van der Waals surface area contributed by atoms with Crippen molar-refractivity contribution >= 4 is 34.8 Å². The molecule has 0 bridgehead atoms. The fourth-order valence-electron chi connectivity index (χ4n) is 4.68. The van der Waals surface area contributed by atoms with E-state index in [0.717, 1.165) is 35.5 Å². The Morgan fingerprint density at radius 2 is 2.00 bits per heavy atom. The highest BCUT2D eigenvalue weighted by molar-refractivity contribution is 6.34. The van der Waals surface area contributed by atoms with E-state index in [1.54, 1.807) is 4.90 Å². The van der Waals surface area contributed by atoms with Gasteiger partial charge in [-0.2, -0.15) is 0 Å². The number of pyridine rings is 1. The lowest BCUT2D eigenvalue weighted by molar-refractivity contribution is -0.133. The van der Waals surface area contributed by atoms with Crippen molar-refractivity contribution in [2.45, 2.75) is 56.5 Å². The maximum absolute atomic E-state index is 13.1. The first kappa shape index (κ1) is 21.2. The summed E-state index contributed by atoms with van der Waals surface area (Å²) in [5.41, 5.74) is 2.78. The summed E-state index contributed by atoms with van der Waals surface area (Å²) in [6.45, 7) is 3.17. The Morgan fingerprint density at radius 1 is 1.22 bits per heavy atom. The van der Waals surface area contributed by atoms with Gasteiger partial charge in [-0.15, -0.1) is 0 Å². The zero-order valence-corrected chi connectivity index (χ0v) is 18.9.